The number of ether oxygens (including phenoxy) is 1. The molecule has 2 heterocycles. The lowest BCUT2D eigenvalue weighted by atomic mass is 10.3. The highest BCUT2D eigenvalue weighted by Crippen LogP contribution is 2.14. The molecule has 0 bridgehead atoms. The minimum Gasteiger partial charge on any atom is -0.375 e. The summed E-state index contributed by atoms with van der Waals surface area (Å²) in [6, 6.07) is 0. The molecule has 16 heavy (non-hydrogen) atoms. The average molecular weight is 222 g/mol. The molecule has 1 aromatic heterocycles. The normalized spacial score (nSPS) is 21.1. The molecule has 0 saturated carbocycles. The maximum atomic E-state index is 5.51. The predicted molar refractivity (Wildman–Crippen MR) is 62.4 cm³/mol. The molecule has 1 aliphatic rings. The quantitative estimate of drug-likeness (QED) is 0.803. The third kappa shape index (κ3) is 2.68. The van der Waals surface area contributed by atoms with Crippen LogP contribution >= 0.6 is 0 Å². The van der Waals surface area contributed by atoms with E-state index in [-0.39, 0.29) is 6.10 Å². The molecule has 0 radical (unpaired) electrons. The van der Waals surface area contributed by atoms with Gasteiger partial charge >= 0.3 is 0 Å². The summed E-state index contributed by atoms with van der Waals surface area (Å²) in [5, 5.41) is 3.08. The van der Waals surface area contributed by atoms with E-state index in [2.05, 4.69) is 27.1 Å². The lowest BCUT2D eigenvalue weighted by Crippen LogP contribution is -2.41. The van der Waals surface area contributed by atoms with E-state index >= 15 is 0 Å². The van der Waals surface area contributed by atoms with Gasteiger partial charge in [0, 0.05) is 25.8 Å². The Balaban J connectivity index is 2.09. The first-order valence-corrected chi connectivity index (χ1v) is 5.61. The Labute approximate surface area is 95.8 Å². The van der Waals surface area contributed by atoms with Crippen LogP contribution in [-0.4, -0.2) is 42.8 Å². The van der Waals surface area contributed by atoms with Crippen LogP contribution in [0.3, 0.4) is 0 Å². The summed E-state index contributed by atoms with van der Waals surface area (Å²) in [4.78, 5) is 11.0. The van der Waals surface area contributed by atoms with E-state index in [0.29, 0.717) is 0 Å². The van der Waals surface area contributed by atoms with Gasteiger partial charge in [-0.2, -0.15) is 0 Å². The molecule has 1 N–H and O–H groups in total. The lowest BCUT2D eigenvalue weighted by Gasteiger charge is -2.31. The van der Waals surface area contributed by atoms with Gasteiger partial charge in [0.05, 0.1) is 24.6 Å². The summed E-state index contributed by atoms with van der Waals surface area (Å²) in [5.41, 5.74) is 0.971. The predicted octanol–water partition coefficient (Wildman–Crippen LogP) is 0.421. The van der Waals surface area contributed by atoms with E-state index in [1.807, 2.05) is 13.2 Å². The molecule has 1 saturated heterocycles. The fraction of sp³-hybridized carbons (Fsp3) is 0.636. The summed E-state index contributed by atoms with van der Waals surface area (Å²) in [7, 11) is 1.91. The SMILES string of the molecule is CNCc1cncc(N2CCOC(C)C2)n1. The first-order valence-electron chi connectivity index (χ1n) is 5.61. The van der Waals surface area contributed by atoms with Crippen LogP contribution in [0.5, 0.6) is 0 Å². The van der Waals surface area contributed by atoms with E-state index < -0.39 is 0 Å². The molecule has 5 heteroatoms. The van der Waals surface area contributed by atoms with Gasteiger partial charge in [-0.15, -0.1) is 0 Å². The van der Waals surface area contributed by atoms with Crippen molar-refractivity contribution in [3.8, 4) is 0 Å². The number of nitrogens with one attached hydrogen (secondary N) is 1. The van der Waals surface area contributed by atoms with Crippen molar-refractivity contribution in [3.05, 3.63) is 18.1 Å². The van der Waals surface area contributed by atoms with Crippen LogP contribution in [-0.2, 0) is 11.3 Å². The van der Waals surface area contributed by atoms with Gasteiger partial charge in [0.25, 0.3) is 0 Å². The summed E-state index contributed by atoms with van der Waals surface area (Å²) in [6.07, 6.45) is 3.88. The standard InChI is InChI=1S/C11H18N4O/c1-9-8-15(3-4-16-9)11-7-13-6-10(14-11)5-12-2/h6-7,9,12H,3-5,8H2,1-2H3. The molecule has 1 aromatic rings. The third-order valence-corrected chi connectivity index (χ3v) is 2.59. The van der Waals surface area contributed by atoms with Gasteiger partial charge < -0.3 is 15.0 Å². The van der Waals surface area contributed by atoms with Crippen molar-refractivity contribution in [2.75, 3.05) is 31.6 Å². The first-order chi connectivity index (χ1) is 7.79. The maximum Gasteiger partial charge on any atom is 0.147 e. The van der Waals surface area contributed by atoms with Crippen molar-refractivity contribution >= 4 is 5.82 Å². The first kappa shape index (κ1) is 11.3. The topological polar surface area (TPSA) is 50.3 Å². The van der Waals surface area contributed by atoms with Crippen molar-refractivity contribution in [2.45, 2.75) is 19.6 Å². The number of aromatic nitrogens is 2. The second-order valence-electron chi connectivity index (χ2n) is 4.03. The molecule has 1 aliphatic heterocycles. The van der Waals surface area contributed by atoms with Gasteiger partial charge in [-0.25, -0.2) is 4.98 Å². The number of hydrogen-bond acceptors (Lipinski definition) is 5. The van der Waals surface area contributed by atoms with Gasteiger partial charge in [0.1, 0.15) is 5.82 Å². The molecular weight excluding hydrogens is 204 g/mol. The van der Waals surface area contributed by atoms with Crippen LogP contribution in [0.25, 0.3) is 0 Å². The number of nitrogens with zero attached hydrogens (tertiary/aromatic N) is 3. The van der Waals surface area contributed by atoms with Crippen molar-refractivity contribution < 1.29 is 4.74 Å². The summed E-state index contributed by atoms with van der Waals surface area (Å²) in [6.45, 7) is 5.37. The molecule has 0 amide bonds. The van der Waals surface area contributed by atoms with Gasteiger partial charge in [-0.1, -0.05) is 0 Å². The van der Waals surface area contributed by atoms with E-state index in [4.69, 9.17) is 4.74 Å². The molecule has 1 atom stereocenters. The Morgan fingerprint density at radius 2 is 2.44 bits per heavy atom. The van der Waals surface area contributed by atoms with Crippen molar-refractivity contribution in [1.82, 2.24) is 15.3 Å². The second-order valence-corrected chi connectivity index (χ2v) is 4.03. The molecule has 0 spiro atoms. The third-order valence-electron chi connectivity index (χ3n) is 2.59. The highest BCUT2D eigenvalue weighted by atomic mass is 16.5. The fourth-order valence-electron chi connectivity index (χ4n) is 1.84. The van der Waals surface area contributed by atoms with Crippen LogP contribution in [0, 0.1) is 0 Å². The van der Waals surface area contributed by atoms with Crippen molar-refractivity contribution in [2.24, 2.45) is 0 Å². The largest absolute Gasteiger partial charge is 0.375 e. The van der Waals surface area contributed by atoms with Gasteiger partial charge in [-0.05, 0) is 14.0 Å². The minimum atomic E-state index is 0.267. The summed E-state index contributed by atoms with van der Waals surface area (Å²) >= 11 is 0. The zero-order valence-electron chi connectivity index (χ0n) is 9.81. The molecule has 0 aromatic carbocycles. The molecule has 1 unspecified atom stereocenters. The van der Waals surface area contributed by atoms with Gasteiger partial charge in [0.15, 0.2) is 0 Å². The van der Waals surface area contributed by atoms with Gasteiger partial charge in [-0.3, -0.25) is 4.98 Å². The van der Waals surface area contributed by atoms with Crippen molar-refractivity contribution in [1.29, 1.82) is 0 Å². The highest BCUT2D eigenvalue weighted by molar-refractivity contribution is 5.37. The van der Waals surface area contributed by atoms with E-state index in [1.54, 1.807) is 6.20 Å². The maximum absolute atomic E-state index is 5.51. The Kier molecular flexibility index (Phi) is 3.69. The van der Waals surface area contributed by atoms with E-state index in [9.17, 15) is 0 Å². The Morgan fingerprint density at radius 1 is 1.56 bits per heavy atom. The second kappa shape index (κ2) is 5.23. The Hall–Kier alpha value is -1.20. The summed E-state index contributed by atoms with van der Waals surface area (Å²) < 4.78 is 5.51. The van der Waals surface area contributed by atoms with Crippen LogP contribution in [0.2, 0.25) is 0 Å². The zero-order chi connectivity index (χ0) is 11.4. The Morgan fingerprint density at radius 3 is 3.19 bits per heavy atom. The molecule has 1 fully saturated rings. The van der Waals surface area contributed by atoms with Crippen LogP contribution in [0.4, 0.5) is 5.82 Å². The molecule has 88 valence electrons. The lowest BCUT2D eigenvalue weighted by molar-refractivity contribution is 0.0529. The number of morpholine rings is 1. The zero-order valence-corrected chi connectivity index (χ0v) is 9.81. The number of anilines is 1. The fourth-order valence-corrected chi connectivity index (χ4v) is 1.84. The number of hydrogen-bond donors (Lipinski definition) is 1. The van der Waals surface area contributed by atoms with Gasteiger partial charge in [0.2, 0.25) is 0 Å². The monoisotopic (exact) mass is 222 g/mol. The summed E-state index contributed by atoms with van der Waals surface area (Å²) in [5.74, 6) is 0.947. The molecule has 0 aliphatic carbocycles. The van der Waals surface area contributed by atoms with Crippen molar-refractivity contribution in [3.63, 3.8) is 0 Å². The van der Waals surface area contributed by atoms with Crippen LogP contribution in [0.1, 0.15) is 12.6 Å². The molecule has 5 nitrogen and oxygen atoms in total. The van der Waals surface area contributed by atoms with Crippen LogP contribution < -0.4 is 10.2 Å². The minimum absolute atomic E-state index is 0.267. The smallest absolute Gasteiger partial charge is 0.147 e. The van der Waals surface area contributed by atoms with E-state index in [0.717, 1.165) is 37.8 Å². The molecule has 2 rings (SSSR count). The highest BCUT2D eigenvalue weighted by Gasteiger charge is 2.18. The average Bonchev–Trinajstić information content (AvgIpc) is 2.30. The van der Waals surface area contributed by atoms with Crippen LogP contribution in [0.15, 0.2) is 12.4 Å². The Bertz CT molecular complexity index is 345. The van der Waals surface area contributed by atoms with E-state index in [1.165, 1.54) is 0 Å². The number of rotatable bonds is 3. The molecular formula is C11H18N4O.